The number of carbonyl (C=O) groups excluding carboxylic acids is 1. The fourth-order valence-electron chi connectivity index (χ4n) is 2.52. The van der Waals surface area contributed by atoms with Gasteiger partial charge in [-0.2, -0.15) is 0 Å². The summed E-state index contributed by atoms with van der Waals surface area (Å²) in [4.78, 5) is 12.0. The van der Waals surface area contributed by atoms with E-state index in [1.54, 1.807) is 11.2 Å². The van der Waals surface area contributed by atoms with E-state index in [1.165, 1.54) is 12.2 Å². The van der Waals surface area contributed by atoms with Crippen molar-refractivity contribution in [1.29, 1.82) is 0 Å². The van der Waals surface area contributed by atoms with Gasteiger partial charge in [0, 0.05) is 13.1 Å². The molecule has 2 aliphatic rings. The van der Waals surface area contributed by atoms with Crippen LogP contribution in [0.1, 0.15) is 31.5 Å². The number of nitrogens with zero attached hydrogens (tertiary/aromatic N) is 4. The van der Waals surface area contributed by atoms with Crippen molar-refractivity contribution in [3.8, 4) is 0 Å². The number of fused-ring (bicyclic) bond motifs is 1. The Morgan fingerprint density at radius 1 is 1.20 bits per heavy atom. The smallest absolute Gasteiger partial charge is 0.210 e. The molecule has 8 heteroatoms. The van der Waals surface area contributed by atoms with Gasteiger partial charge in [-0.25, -0.2) is 8.78 Å². The van der Waals surface area contributed by atoms with Gasteiger partial charge in [0.1, 0.15) is 6.33 Å². The van der Waals surface area contributed by atoms with Crippen molar-refractivity contribution in [1.82, 2.24) is 19.7 Å². The quantitative estimate of drug-likeness (QED) is 0.653. The van der Waals surface area contributed by atoms with Crippen molar-refractivity contribution in [3.05, 3.63) is 47.6 Å². The Hall–Kier alpha value is -2.35. The van der Waals surface area contributed by atoms with Gasteiger partial charge in [-0.1, -0.05) is 6.08 Å². The summed E-state index contributed by atoms with van der Waals surface area (Å²) in [6.07, 6.45) is 9.99. The van der Waals surface area contributed by atoms with E-state index >= 15 is 0 Å². The van der Waals surface area contributed by atoms with Crippen LogP contribution in [0.4, 0.5) is 8.78 Å². The lowest BCUT2D eigenvalue weighted by molar-refractivity contribution is -0.119. The number of hydrogen-bond donors (Lipinski definition) is 1. The van der Waals surface area contributed by atoms with Gasteiger partial charge in [-0.3, -0.25) is 4.79 Å². The first-order valence-electron chi connectivity index (χ1n) is 8.32. The highest BCUT2D eigenvalue weighted by atomic mass is 19.2. The minimum Gasteiger partial charge on any atom is -0.336 e. The maximum Gasteiger partial charge on any atom is 0.210 e. The van der Waals surface area contributed by atoms with Gasteiger partial charge in [0.2, 0.25) is 6.41 Å². The van der Waals surface area contributed by atoms with Crippen LogP contribution in [0.3, 0.4) is 0 Å². The average molecular weight is 351 g/mol. The molecule has 0 atom stereocenters. The number of carbonyl (C=O) groups is 1. The number of hydrogen-bond acceptors (Lipinski definition) is 4. The zero-order valence-electron chi connectivity index (χ0n) is 14.1. The minimum atomic E-state index is -0.763. The van der Waals surface area contributed by atoms with Crippen LogP contribution in [0.5, 0.6) is 0 Å². The van der Waals surface area contributed by atoms with E-state index < -0.39 is 11.7 Å². The highest BCUT2D eigenvalue weighted by Gasteiger charge is 2.14. The van der Waals surface area contributed by atoms with Crippen molar-refractivity contribution in [2.45, 2.75) is 38.8 Å². The standard InChI is InChI=1S/C11H15F2N.C6H8N4O/c12-10-6-3-5-9(8-11(10)13)4-1-2-7-14;11-5-9-1-2-10-4-7-8-6(10)3-9/h5-6,8H,1-4,7,14H2;4-5H,1-3H2. The lowest BCUT2D eigenvalue weighted by atomic mass is 10.1. The second-order valence-electron chi connectivity index (χ2n) is 5.82. The number of halogens is 2. The molecular formula is C17H23F2N5O. The van der Waals surface area contributed by atoms with Gasteiger partial charge >= 0.3 is 0 Å². The zero-order valence-corrected chi connectivity index (χ0v) is 14.1. The first-order chi connectivity index (χ1) is 12.1. The Kier molecular flexibility index (Phi) is 7.46. The Bertz CT molecular complexity index is 666. The molecule has 25 heavy (non-hydrogen) atoms. The maximum absolute atomic E-state index is 12.9. The molecule has 0 fully saturated rings. The summed E-state index contributed by atoms with van der Waals surface area (Å²) in [5, 5.41) is 7.61. The molecule has 0 bridgehead atoms. The number of amides is 1. The van der Waals surface area contributed by atoms with E-state index in [-0.39, 0.29) is 0 Å². The first-order valence-corrected chi connectivity index (χ1v) is 8.32. The summed E-state index contributed by atoms with van der Waals surface area (Å²) >= 11 is 0. The summed E-state index contributed by atoms with van der Waals surface area (Å²) in [5.74, 6) is -0.653. The number of nitrogens with two attached hydrogens (primary N) is 1. The third-order valence-corrected chi connectivity index (χ3v) is 3.95. The molecule has 0 saturated carbocycles. The van der Waals surface area contributed by atoms with E-state index in [2.05, 4.69) is 10.2 Å². The van der Waals surface area contributed by atoms with Crippen molar-refractivity contribution < 1.29 is 13.6 Å². The fraction of sp³-hybridized carbons (Fsp3) is 0.471. The molecule has 1 aromatic heterocycles. The molecule has 1 aliphatic heterocycles. The van der Waals surface area contributed by atoms with E-state index in [0.717, 1.165) is 50.2 Å². The first kappa shape index (κ1) is 19.0. The highest BCUT2D eigenvalue weighted by molar-refractivity contribution is 5.47. The van der Waals surface area contributed by atoms with Crippen LogP contribution >= 0.6 is 0 Å². The highest BCUT2D eigenvalue weighted by Crippen LogP contribution is 2.22. The van der Waals surface area contributed by atoms with Crippen LogP contribution in [0, 0.1) is 0 Å². The Morgan fingerprint density at radius 2 is 2.04 bits per heavy atom. The molecule has 0 aromatic carbocycles. The molecule has 0 spiro atoms. The SMILES string of the molecule is NCCCCC1=CCC=C(F)C(F)=C1.O=CN1CCn2cnnc2C1. The predicted molar refractivity (Wildman–Crippen MR) is 90.5 cm³/mol. The molecule has 0 unspecified atom stereocenters. The maximum atomic E-state index is 12.9. The molecular weight excluding hydrogens is 328 g/mol. The molecule has 2 heterocycles. The minimum absolute atomic E-state index is 0.466. The van der Waals surface area contributed by atoms with Gasteiger partial charge in [0.25, 0.3) is 0 Å². The molecule has 6 nitrogen and oxygen atoms in total. The third kappa shape index (κ3) is 5.90. The molecule has 0 radical (unpaired) electrons. The summed E-state index contributed by atoms with van der Waals surface area (Å²) in [6, 6.07) is 0. The lowest BCUT2D eigenvalue weighted by Crippen LogP contribution is -2.32. The predicted octanol–water partition coefficient (Wildman–Crippen LogP) is 2.40. The Labute approximate surface area is 145 Å². The molecule has 136 valence electrons. The third-order valence-electron chi connectivity index (χ3n) is 3.95. The van der Waals surface area contributed by atoms with Crippen molar-refractivity contribution in [3.63, 3.8) is 0 Å². The number of allylic oxidation sites excluding steroid dienone is 6. The second-order valence-corrected chi connectivity index (χ2v) is 5.82. The van der Waals surface area contributed by atoms with Crippen LogP contribution in [0.15, 0.2) is 41.8 Å². The van der Waals surface area contributed by atoms with Gasteiger partial charge in [0.15, 0.2) is 17.5 Å². The van der Waals surface area contributed by atoms with Crippen molar-refractivity contribution in [2.75, 3.05) is 13.1 Å². The van der Waals surface area contributed by atoms with E-state index in [4.69, 9.17) is 5.73 Å². The molecule has 2 N–H and O–H groups in total. The van der Waals surface area contributed by atoms with Crippen LogP contribution in [0.25, 0.3) is 0 Å². The van der Waals surface area contributed by atoms with Crippen LogP contribution in [0.2, 0.25) is 0 Å². The van der Waals surface area contributed by atoms with Crippen molar-refractivity contribution >= 4 is 6.41 Å². The number of unbranched alkanes of at least 4 members (excludes halogenated alkanes) is 1. The van der Waals surface area contributed by atoms with E-state index in [0.29, 0.717) is 19.5 Å². The molecule has 1 aromatic rings. The van der Waals surface area contributed by atoms with Gasteiger partial charge in [0.05, 0.1) is 6.54 Å². The monoisotopic (exact) mass is 351 g/mol. The summed E-state index contributed by atoms with van der Waals surface area (Å²) in [7, 11) is 0. The Balaban J connectivity index is 0.000000185. The number of aromatic nitrogens is 3. The summed E-state index contributed by atoms with van der Waals surface area (Å²) in [5.41, 5.74) is 6.21. The van der Waals surface area contributed by atoms with Crippen LogP contribution in [-0.2, 0) is 17.9 Å². The summed E-state index contributed by atoms with van der Waals surface area (Å²) in [6.45, 7) is 2.80. The van der Waals surface area contributed by atoms with Crippen molar-refractivity contribution in [2.24, 2.45) is 5.73 Å². The molecule has 1 amide bonds. The Morgan fingerprint density at radius 3 is 2.80 bits per heavy atom. The zero-order chi connectivity index (χ0) is 18.1. The van der Waals surface area contributed by atoms with Gasteiger partial charge < -0.3 is 15.2 Å². The van der Waals surface area contributed by atoms with Crippen LogP contribution in [-0.4, -0.2) is 39.2 Å². The van der Waals surface area contributed by atoms with E-state index in [1.807, 2.05) is 10.6 Å². The fourth-order valence-corrected chi connectivity index (χ4v) is 2.52. The topological polar surface area (TPSA) is 77.0 Å². The molecule has 3 rings (SSSR count). The average Bonchev–Trinajstić information content (AvgIpc) is 3.03. The van der Waals surface area contributed by atoms with E-state index in [9.17, 15) is 13.6 Å². The largest absolute Gasteiger partial charge is 0.336 e. The molecule has 1 aliphatic carbocycles. The lowest BCUT2D eigenvalue weighted by Gasteiger charge is -2.22. The molecule has 0 saturated heterocycles. The van der Waals surface area contributed by atoms with Gasteiger partial charge in [-0.15, -0.1) is 10.2 Å². The summed E-state index contributed by atoms with van der Waals surface area (Å²) < 4.78 is 27.7. The van der Waals surface area contributed by atoms with Gasteiger partial charge in [-0.05, 0) is 50.0 Å². The van der Waals surface area contributed by atoms with Crippen LogP contribution < -0.4 is 5.73 Å². The second kappa shape index (κ2) is 9.83. The normalized spacial score (nSPS) is 16.6. The number of rotatable bonds is 5.